The second kappa shape index (κ2) is 5.57. The third-order valence-corrected chi connectivity index (χ3v) is 4.39. The molecule has 1 saturated carbocycles. The Morgan fingerprint density at radius 2 is 2.28 bits per heavy atom. The quantitative estimate of drug-likeness (QED) is 0.755. The van der Waals surface area contributed by atoms with Crippen LogP contribution in [0.2, 0.25) is 0 Å². The molecule has 2 rings (SSSR count). The Morgan fingerprint density at radius 3 is 2.94 bits per heavy atom. The fraction of sp³-hybridized carbons (Fsp3) is 0.588. The SMILES string of the molecule is CCC1CCCC(C#N)(Cc2cccc(C)c2)C1. The molecule has 0 saturated heterocycles. The second-order valence-electron chi connectivity index (χ2n) is 5.93. The molecule has 0 bridgehead atoms. The van der Waals surface area contributed by atoms with Crippen molar-refractivity contribution in [3.63, 3.8) is 0 Å². The van der Waals surface area contributed by atoms with E-state index < -0.39 is 0 Å². The molecule has 1 aliphatic carbocycles. The summed E-state index contributed by atoms with van der Waals surface area (Å²) < 4.78 is 0. The van der Waals surface area contributed by atoms with Gasteiger partial charge in [-0.1, -0.05) is 56.0 Å². The fourth-order valence-electron chi connectivity index (χ4n) is 3.35. The highest BCUT2D eigenvalue weighted by molar-refractivity contribution is 5.25. The van der Waals surface area contributed by atoms with E-state index in [4.69, 9.17) is 0 Å². The summed E-state index contributed by atoms with van der Waals surface area (Å²) in [6.07, 6.45) is 6.85. The zero-order valence-electron chi connectivity index (χ0n) is 11.6. The molecular weight excluding hydrogens is 218 g/mol. The summed E-state index contributed by atoms with van der Waals surface area (Å²) in [7, 11) is 0. The third-order valence-electron chi connectivity index (χ3n) is 4.39. The van der Waals surface area contributed by atoms with Crippen LogP contribution in [0.3, 0.4) is 0 Å². The molecule has 1 fully saturated rings. The maximum atomic E-state index is 9.64. The first-order valence-electron chi connectivity index (χ1n) is 7.14. The van der Waals surface area contributed by atoms with Crippen LogP contribution in [0.25, 0.3) is 0 Å². The van der Waals surface area contributed by atoms with Crippen molar-refractivity contribution in [2.24, 2.45) is 11.3 Å². The van der Waals surface area contributed by atoms with E-state index >= 15 is 0 Å². The number of hydrogen-bond donors (Lipinski definition) is 0. The lowest BCUT2D eigenvalue weighted by Gasteiger charge is -2.35. The first-order valence-corrected chi connectivity index (χ1v) is 7.14. The minimum absolute atomic E-state index is 0.104. The third kappa shape index (κ3) is 2.93. The number of aryl methyl sites for hydroxylation is 1. The van der Waals surface area contributed by atoms with Crippen molar-refractivity contribution in [1.29, 1.82) is 5.26 Å². The van der Waals surface area contributed by atoms with Gasteiger partial charge in [-0.2, -0.15) is 5.26 Å². The number of rotatable bonds is 3. The van der Waals surface area contributed by atoms with E-state index in [2.05, 4.69) is 44.2 Å². The molecule has 1 aromatic carbocycles. The van der Waals surface area contributed by atoms with Crippen molar-refractivity contribution in [2.75, 3.05) is 0 Å². The van der Waals surface area contributed by atoms with Gasteiger partial charge in [0.05, 0.1) is 11.5 Å². The Morgan fingerprint density at radius 1 is 1.44 bits per heavy atom. The Labute approximate surface area is 111 Å². The van der Waals surface area contributed by atoms with Crippen molar-refractivity contribution < 1.29 is 0 Å². The van der Waals surface area contributed by atoms with Crippen LogP contribution >= 0.6 is 0 Å². The maximum absolute atomic E-state index is 9.64. The monoisotopic (exact) mass is 241 g/mol. The molecule has 1 aromatic rings. The molecule has 0 aromatic heterocycles. The van der Waals surface area contributed by atoms with Gasteiger partial charge in [0.2, 0.25) is 0 Å². The predicted octanol–water partition coefficient (Wildman–Crippen LogP) is 4.65. The molecule has 1 heteroatoms. The van der Waals surface area contributed by atoms with E-state index in [9.17, 15) is 5.26 Å². The molecule has 2 unspecified atom stereocenters. The predicted molar refractivity (Wildman–Crippen MR) is 75.2 cm³/mol. The summed E-state index contributed by atoms with van der Waals surface area (Å²) in [4.78, 5) is 0. The normalized spacial score (nSPS) is 27.7. The van der Waals surface area contributed by atoms with Gasteiger partial charge in [-0.3, -0.25) is 0 Å². The average molecular weight is 241 g/mol. The molecule has 0 amide bonds. The first kappa shape index (κ1) is 13.1. The molecule has 0 aliphatic heterocycles. The molecule has 0 heterocycles. The van der Waals surface area contributed by atoms with Gasteiger partial charge in [0, 0.05) is 0 Å². The van der Waals surface area contributed by atoms with Gasteiger partial charge >= 0.3 is 0 Å². The zero-order valence-corrected chi connectivity index (χ0v) is 11.6. The highest BCUT2D eigenvalue weighted by atomic mass is 14.4. The van der Waals surface area contributed by atoms with Crippen LogP contribution in [0.1, 0.15) is 50.2 Å². The summed E-state index contributed by atoms with van der Waals surface area (Å²) in [6, 6.07) is 11.3. The molecular formula is C17H23N. The lowest BCUT2D eigenvalue weighted by atomic mass is 9.67. The summed E-state index contributed by atoms with van der Waals surface area (Å²) >= 11 is 0. The van der Waals surface area contributed by atoms with Crippen LogP contribution in [0.15, 0.2) is 24.3 Å². The van der Waals surface area contributed by atoms with Crippen molar-refractivity contribution in [1.82, 2.24) is 0 Å². The summed E-state index contributed by atoms with van der Waals surface area (Å²) in [6.45, 7) is 4.38. The van der Waals surface area contributed by atoms with E-state index in [0.29, 0.717) is 0 Å². The minimum Gasteiger partial charge on any atom is -0.198 e. The van der Waals surface area contributed by atoms with Crippen LogP contribution in [0, 0.1) is 29.6 Å². The van der Waals surface area contributed by atoms with Crippen molar-refractivity contribution >= 4 is 0 Å². The molecule has 1 aliphatic rings. The lowest BCUT2D eigenvalue weighted by molar-refractivity contribution is 0.194. The summed E-state index contributed by atoms with van der Waals surface area (Å²) in [5.41, 5.74) is 2.52. The van der Waals surface area contributed by atoms with E-state index in [1.807, 2.05) is 0 Å². The van der Waals surface area contributed by atoms with Gasteiger partial charge in [0.15, 0.2) is 0 Å². The molecule has 96 valence electrons. The summed E-state index contributed by atoms with van der Waals surface area (Å²) in [5.74, 6) is 0.753. The maximum Gasteiger partial charge on any atom is 0.0693 e. The largest absolute Gasteiger partial charge is 0.198 e. The van der Waals surface area contributed by atoms with Crippen LogP contribution in [0.5, 0.6) is 0 Å². The van der Waals surface area contributed by atoms with E-state index in [1.165, 1.54) is 30.4 Å². The van der Waals surface area contributed by atoms with E-state index in [-0.39, 0.29) is 5.41 Å². The van der Waals surface area contributed by atoms with Gasteiger partial charge in [0.25, 0.3) is 0 Å². The first-order chi connectivity index (χ1) is 8.67. The van der Waals surface area contributed by atoms with Gasteiger partial charge in [-0.25, -0.2) is 0 Å². The zero-order chi connectivity index (χ0) is 13.0. The minimum atomic E-state index is -0.104. The Balaban J connectivity index is 2.16. The Kier molecular flexibility index (Phi) is 4.07. The van der Waals surface area contributed by atoms with Crippen molar-refractivity contribution in [2.45, 2.75) is 52.4 Å². The number of hydrogen-bond acceptors (Lipinski definition) is 1. The van der Waals surface area contributed by atoms with E-state index in [0.717, 1.165) is 25.2 Å². The van der Waals surface area contributed by atoms with Crippen molar-refractivity contribution in [3.8, 4) is 6.07 Å². The number of nitriles is 1. The van der Waals surface area contributed by atoms with Gasteiger partial charge in [-0.05, 0) is 37.7 Å². The van der Waals surface area contributed by atoms with E-state index in [1.54, 1.807) is 0 Å². The smallest absolute Gasteiger partial charge is 0.0693 e. The molecule has 0 N–H and O–H groups in total. The number of nitrogens with zero attached hydrogens (tertiary/aromatic N) is 1. The lowest BCUT2D eigenvalue weighted by Crippen LogP contribution is -2.29. The van der Waals surface area contributed by atoms with Crippen LogP contribution in [-0.2, 0) is 6.42 Å². The van der Waals surface area contributed by atoms with Crippen LogP contribution in [-0.4, -0.2) is 0 Å². The number of benzene rings is 1. The van der Waals surface area contributed by atoms with Crippen LogP contribution in [0.4, 0.5) is 0 Å². The van der Waals surface area contributed by atoms with Gasteiger partial charge in [-0.15, -0.1) is 0 Å². The molecule has 2 atom stereocenters. The second-order valence-corrected chi connectivity index (χ2v) is 5.93. The highest BCUT2D eigenvalue weighted by Gasteiger charge is 2.35. The molecule has 0 spiro atoms. The van der Waals surface area contributed by atoms with Crippen LogP contribution < -0.4 is 0 Å². The Bertz CT molecular complexity index is 443. The molecule has 18 heavy (non-hydrogen) atoms. The topological polar surface area (TPSA) is 23.8 Å². The summed E-state index contributed by atoms with van der Waals surface area (Å²) in [5, 5.41) is 9.64. The standard InChI is InChI=1S/C17H23N/c1-3-15-8-5-9-17(11-15,13-18)12-16-7-4-6-14(2)10-16/h4,6-7,10,15H,3,5,8-9,11-12H2,1-2H3. The highest BCUT2D eigenvalue weighted by Crippen LogP contribution is 2.42. The van der Waals surface area contributed by atoms with Gasteiger partial charge < -0.3 is 0 Å². The van der Waals surface area contributed by atoms with Gasteiger partial charge in [0.1, 0.15) is 0 Å². The fourth-order valence-corrected chi connectivity index (χ4v) is 3.35. The van der Waals surface area contributed by atoms with Crippen molar-refractivity contribution in [3.05, 3.63) is 35.4 Å². The Hall–Kier alpha value is -1.29. The molecule has 1 nitrogen and oxygen atoms in total. The average Bonchev–Trinajstić information content (AvgIpc) is 2.39. The molecule has 0 radical (unpaired) electrons.